The van der Waals surface area contributed by atoms with Crippen LogP contribution >= 0.6 is 11.8 Å². The number of aliphatic imine (C=N–C) groups is 1. The van der Waals surface area contributed by atoms with Gasteiger partial charge in [-0.25, -0.2) is 9.38 Å². The van der Waals surface area contributed by atoms with Crippen molar-refractivity contribution in [3.63, 3.8) is 0 Å². The highest BCUT2D eigenvalue weighted by Crippen LogP contribution is 2.31. The van der Waals surface area contributed by atoms with Gasteiger partial charge in [-0.15, -0.1) is 0 Å². The van der Waals surface area contributed by atoms with Gasteiger partial charge in [0.15, 0.2) is 10.9 Å². The smallest absolute Gasteiger partial charge is 0.311 e. The van der Waals surface area contributed by atoms with Gasteiger partial charge in [0.05, 0.1) is 9.83 Å². The molecule has 1 amide bonds. The van der Waals surface area contributed by atoms with Crippen LogP contribution in [0.25, 0.3) is 6.08 Å². The first-order valence-electron chi connectivity index (χ1n) is 6.95. The zero-order valence-corrected chi connectivity index (χ0v) is 13.3. The second-order valence-electron chi connectivity index (χ2n) is 4.94. The molecule has 0 saturated carbocycles. The average Bonchev–Trinajstić information content (AvgIpc) is 2.90. The molecule has 0 atom stereocenters. The van der Waals surface area contributed by atoms with Crippen LogP contribution in [0.2, 0.25) is 0 Å². The SMILES string of the molecule is O=C1NC(=Nc2ccccc2F)S/C1=C\c1ccc(O)c([N+](=O)[O-])c1. The van der Waals surface area contributed by atoms with Crippen molar-refractivity contribution in [3.05, 3.63) is 68.9 Å². The van der Waals surface area contributed by atoms with Crippen LogP contribution in [0, 0.1) is 15.9 Å². The van der Waals surface area contributed by atoms with Crippen molar-refractivity contribution in [1.82, 2.24) is 5.32 Å². The lowest BCUT2D eigenvalue weighted by atomic mass is 10.1. The fraction of sp³-hybridized carbons (Fsp3) is 0. The molecular weight excluding hydrogens is 349 g/mol. The normalized spacial score (nSPS) is 17.1. The number of rotatable bonds is 3. The highest BCUT2D eigenvalue weighted by Gasteiger charge is 2.24. The summed E-state index contributed by atoms with van der Waals surface area (Å²) in [6.45, 7) is 0. The summed E-state index contributed by atoms with van der Waals surface area (Å²) in [5.41, 5.74) is -0.000819. The van der Waals surface area contributed by atoms with E-state index in [1.807, 2.05) is 0 Å². The number of nitro benzene ring substituents is 1. The number of benzene rings is 2. The molecule has 0 bridgehead atoms. The van der Waals surface area contributed by atoms with Crippen LogP contribution in [0.1, 0.15) is 5.56 Å². The fourth-order valence-electron chi connectivity index (χ4n) is 2.06. The van der Waals surface area contributed by atoms with E-state index < -0.39 is 28.1 Å². The molecule has 0 radical (unpaired) electrons. The van der Waals surface area contributed by atoms with Crippen LogP contribution in [0.3, 0.4) is 0 Å². The minimum absolute atomic E-state index is 0.0896. The molecule has 9 heteroatoms. The van der Waals surface area contributed by atoms with E-state index in [1.165, 1.54) is 36.4 Å². The Morgan fingerprint density at radius 1 is 1.28 bits per heavy atom. The number of phenols is 1. The lowest BCUT2D eigenvalue weighted by molar-refractivity contribution is -0.385. The number of aromatic hydroxyl groups is 1. The number of hydrogen-bond donors (Lipinski definition) is 2. The van der Waals surface area contributed by atoms with Gasteiger partial charge in [0.25, 0.3) is 5.91 Å². The summed E-state index contributed by atoms with van der Waals surface area (Å²) < 4.78 is 13.6. The van der Waals surface area contributed by atoms with Crippen LogP contribution < -0.4 is 5.32 Å². The fourth-order valence-corrected chi connectivity index (χ4v) is 2.89. The van der Waals surface area contributed by atoms with E-state index in [2.05, 4.69) is 10.3 Å². The quantitative estimate of drug-likeness (QED) is 0.497. The molecule has 1 aliphatic rings. The minimum atomic E-state index is -0.718. The molecule has 0 unspecified atom stereocenters. The van der Waals surface area contributed by atoms with E-state index in [4.69, 9.17) is 0 Å². The van der Waals surface area contributed by atoms with Gasteiger partial charge in [-0.05, 0) is 41.6 Å². The number of phenolic OH excluding ortho intramolecular Hbond substituents is 1. The number of para-hydroxylation sites is 1. The van der Waals surface area contributed by atoms with Crippen molar-refractivity contribution in [2.75, 3.05) is 0 Å². The van der Waals surface area contributed by atoms with Gasteiger partial charge < -0.3 is 10.4 Å². The molecule has 2 aromatic rings. The van der Waals surface area contributed by atoms with E-state index in [9.17, 15) is 24.4 Å². The van der Waals surface area contributed by atoms with E-state index in [0.717, 1.165) is 17.8 Å². The Morgan fingerprint density at radius 2 is 2.04 bits per heavy atom. The predicted octanol–water partition coefficient (Wildman–Crippen LogP) is 3.33. The minimum Gasteiger partial charge on any atom is -0.502 e. The number of thioether (sulfide) groups is 1. The van der Waals surface area contributed by atoms with E-state index in [-0.39, 0.29) is 15.8 Å². The zero-order chi connectivity index (χ0) is 18.0. The predicted molar refractivity (Wildman–Crippen MR) is 92.0 cm³/mol. The van der Waals surface area contributed by atoms with Crippen molar-refractivity contribution >= 4 is 40.3 Å². The number of carbonyl (C=O) groups is 1. The molecule has 1 saturated heterocycles. The van der Waals surface area contributed by atoms with Crippen molar-refractivity contribution in [3.8, 4) is 5.75 Å². The van der Waals surface area contributed by atoms with Crippen LogP contribution in [0.15, 0.2) is 52.4 Å². The van der Waals surface area contributed by atoms with Crippen molar-refractivity contribution in [2.45, 2.75) is 0 Å². The Morgan fingerprint density at radius 3 is 2.76 bits per heavy atom. The molecule has 126 valence electrons. The number of nitrogens with zero attached hydrogens (tertiary/aromatic N) is 2. The van der Waals surface area contributed by atoms with Gasteiger partial charge in [0.2, 0.25) is 0 Å². The maximum Gasteiger partial charge on any atom is 0.311 e. The van der Waals surface area contributed by atoms with Gasteiger partial charge in [0, 0.05) is 6.07 Å². The molecule has 2 aromatic carbocycles. The molecule has 7 nitrogen and oxygen atoms in total. The Kier molecular flexibility index (Phi) is 4.48. The first-order chi connectivity index (χ1) is 11.9. The molecule has 1 aliphatic heterocycles. The van der Waals surface area contributed by atoms with E-state index in [0.29, 0.717) is 5.56 Å². The van der Waals surface area contributed by atoms with Gasteiger partial charge >= 0.3 is 5.69 Å². The number of nitro groups is 1. The lowest BCUT2D eigenvalue weighted by Crippen LogP contribution is -2.19. The van der Waals surface area contributed by atoms with E-state index >= 15 is 0 Å². The molecule has 0 aliphatic carbocycles. The van der Waals surface area contributed by atoms with Gasteiger partial charge in [-0.2, -0.15) is 0 Å². The number of amidine groups is 1. The number of halogens is 1. The lowest BCUT2D eigenvalue weighted by Gasteiger charge is -1.98. The Balaban J connectivity index is 1.88. The highest BCUT2D eigenvalue weighted by atomic mass is 32.2. The standard InChI is InChI=1S/C16H10FN3O4S/c17-10-3-1-2-4-11(10)18-16-19-15(22)14(25-16)8-9-5-6-13(21)12(7-9)20(23)24/h1-8,21H,(H,18,19,22)/b14-8-. The summed E-state index contributed by atoms with van der Waals surface area (Å²) in [6, 6.07) is 9.65. The largest absolute Gasteiger partial charge is 0.502 e. The molecule has 2 N–H and O–H groups in total. The van der Waals surface area contributed by atoms with Crippen molar-refractivity contribution in [2.24, 2.45) is 4.99 Å². The van der Waals surface area contributed by atoms with Crippen LogP contribution in [-0.4, -0.2) is 21.1 Å². The van der Waals surface area contributed by atoms with Crippen molar-refractivity contribution in [1.29, 1.82) is 0 Å². The molecule has 3 rings (SSSR count). The maximum atomic E-state index is 13.6. The van der Waals surface area contributed by atoms with Crippen LogP contribution in [0.4, 0.5) is 15.8 Å². The molecule has 25 heavy (non-hydrogen) atoms. The molecule has 0 aromatic heterocycles. The molecule has 0 spiro atoms. The summed E-state index contributed by atoms with van der Waals surface area (Å²) in [5.74, 6) is -1.43. The van der Waals surface area contributed by atoms with Crippen LogP contribution in [-0.2, 0) is 4.79 Å². The topological polar surface area (TPSA) is 105 Å². The number of nitrogens with one attached hydrogen (secondary N) is 1. The molecule has 1 heterocycles. The zero-order valence-electron chi connectivity index (χ0n) is 12.5. The summed E-state index contributed by atoms with van der Waals surface area (Å²) in [6.07, 6.45) is 1.43. The van der Waals surface area contributed by atoms with Gasteiger partial charge in [-0.1, -0.05) is 18.2 Å². The Labute approximate surface area is 145 Å². The van der Waals surface area contributed by atoms with Crippen LogP contribution in [0.5, 0.6) is 5.75 Å². The third-order valence-electron chi connectivity index (χ3n) is 3.22. The number of hydrogen-bond acceptors (Lipinski definition) is 6. The Hall–Kier alpha value is -3.20. The first-order valence-corrected chi connectivity index (χ1v) is 7.77. The monoisotopic (exact) mass is 359 g/mol. The molecule has 1 fully saturated rings. The second kappa shape index (κ2) is 6.73. The van der Waals surface area contributed by atoms with Gasteiger partial charge in [-0.3, -0.25) is 14.9 Å². The third-order valence-corrected chi connectivity index (χ3v) is 4.13. The summed E-state index contributed by atoms with van der Waals surface area (Å²) >= 11 is 0.987. The highest BCUT2D eigenvalue weighted by molar-refractivity contribution is 8.18. The molecular formula is C16H10FN3O4S. The second-order valence-corrected chi connectivity index (χ2v) is 5.97. The van der Waals surface area contributed by atoms with Crippen molar-refractivity contribution < 1.29 is 19.2 Å². The average molecular weight is 359 g/mol. The summed E-state index contributed by atoms with van der Waals surface area (Å²) in [4.78, 5) is 26.4. The summed E-state index contributed by atoms with van der Waals surface area (Å²) in [7, 11) is 0. The Bertz CT molecular complexity index is 943. The maximum absolute atomic E-state index is 13.6. The summed E-state index contributed by atoms with van der Waals surface area (Å²) in [5, 5.41) is 23.0. The number of amides is 1. The third kappa shape index (κ3) is 3.66. The van der Waals surface area contributed by atoms with E-state index in [1.54, 1.807) is 6.07 Å². The number of carbonyl (C=O) groups excluding carboxylic acids is 1. The first kappa shape index (κ1) is 16.7. The van der Waals surface area contributed by atoms with Gasteiger partial charge in [0.1, 0.15) is 11.5 Å².